The van der Waals surface area contributed by atoms with Gasteiger partial charge in [0.05, 0.1) is 16.7 Å². The first-order valence-corrected chi connectivity index (χ1v) is 11.9. The zero-order valence-electron chi connectivity index (χ0n) is 20.4. The molecule has 2 aliphatic heterocycles. The van der Waals surface area contributed by atoms with Crippen LogP contribution in [-0.2, 0) is 9.47 Å². The van der Waals surface area contributed by atoms with Crippen LogP contribution in [0.5, 0.6) is 0 Å². The van der Waals surface area contributed by atoms with Crippen LogP contribution in [0.25, 0.3) is 11.3 Å². The van der Waals surface area contributed by atoms with E-state index in [0.29, 0.717) is 56.7 Å². The number of nitrogens with one attached hydrogen (secondary N) is 1. The highest BCUT2D eigenvalue weighted by atomic mass is 16.6. The van der Waals surface area contributed by atoms with Crippen LogP contribution in [0.15, 0.2) is 30.5 Å². The molecule has 0 saturated carbocycles. The van der Waals surface area contributed by atoms with E-state index in [1.54, 1.807) is 17.2 Å². The Bertz CT molecular complexity index is 1060. The van der Waals surface area contributed by atoms with Crippen molar-refractivity contribution >= 4 is 23.4 Å². The summed E-state index contributed by atoms with van der Waals surface area (Å²) in [5.74, 6) is 1.21. The third-order valence-corrected chi connectivity index (χ3v) is 5.89. The Kier molecular flexibility index (Phi) is 7.34. The minimum absolute atomic E-state index is 0.0321. The van der Waals surface area contributed by atoms with E-state index in [1.165, 1.54) is 12.1 Å². The van der Waals surface area contributed by atoms with Gasteiger partial charge in [0.2, 0.25) is 0 Å². The average molecular weight is 485 g/mol. The fraction of sp³-hybridized carbons (Fsp3) is 0.542. The zero-order chi connectivity index (χ0) is 25.0. The molecule has 2 fully saturated rings. The molecule has 188 valence electrons. The third kappa shape index (κ3) is 6.56. The molecule has 1 amide bonds. The fourth-order valence-corrected chi connectivity index (χ4v) is 4.08. The molecule has 4 heterocycles. The van der Waals surface area contributed by atoms with Crippen molar-refractivity contribution < 1.29 is 19.2 Å². The molecule has 2 aromatic rings. The SMILES string of the molecule is CC(C)(C)OC(=O)N1CCN(c2cc([N+](=O)[O-])cc(-c3ccnc(NC4CCOCC4)c3)n2)CC1. The normalized spacial score (nSPS) is 17.2. The van der Waals surface area contributed by atoms with E-state index < -0.39 is 10.5 Å². The standard InChI is InChI=1S/C24H32N6O5/c1-24(2,3)35-23(31)29-10-8-28(9-11-29)22-16-19(30(32)33)15-20(27-22)17-4-7-25-21(14-17)26-18-5-12-34-13-6-18/h4,7,14-16,18H,5-6,8-13H2,1-3H3,(H,25,26). The Morgan fingerprint density at radius 2 is 1.89 bits per heavy atom. The van der Waals surface area contributed by atoms with E-state index in [9.17, 15) is 14.9 Å². The van der Waals surface area contributed by atoms with E-state index in [1.807, 2.05) is 31.7 Å². The Morgan fingerprint density at radius 1 is 1.17 bits per heavy atom. The Labute approximate surface area is 204 Å². The van der Waals surface area contributed by atoms with Gasteiger partial charge in [0, 0.05) is 63.3 Å². The number of carbonyl (C=O) groups is 1. The number of carbonyl (C=O) groups excluding carboxylic acids is 1. The Balaban J connectivity index is 1.51. The molecule has 0 unspecified atom stereocenters. The van der Waals surface area contributed by atoms with E-state index in [2.05, 4.69) is 10.3 Å². The molecular formula is C24H32N6O5. The minimum Gasteiger partial charge on any atom is -0.444 e. The van der Waals surface area contributed by atoms with E-state index in [-0.39, 0.29) is 17.8 Å². The number of nitro groups is 1. The van der Waals surface area contributed by atoms with Crippen LogP contribution in [0.4, 0.5) is 22.1 Å². The Morgan fingerprint density at radius 3 is 2.54 bits per heavy atom. The Hall–Kier alpha value is -3.47. The molecule has 11 nitrogen and oxygen atoms in total. The van der Waals surface area contributed by atoms with Gasteiger partial charge < -0.3 is 24.6 Å². The number of hydrogen-bond acceptors (Lipinski definition) is 9. The smallest absolute Gasteiger partial charge is 0.410 e. The van der Waals surface area contributed by atoms with Crippen molar-refractivity contribution in [2.45, 2.75) is 45.3 Å². The summed E-state index contributed by atoms with van der Waals surface area (Å²) < 4.78 is 10.9. The van der Waals surface area contributed by atoms with Gasteiger partial charge in [-0.25, -0.2) is 14.8 Å². The van der Waals surface area contributed by atoms with Crippen molar-refractivity contribution in [3.05, 3.63) is 40.6 Å². The van der Waals surface area contributed by atoms with Crippen LogP contribution in [0.1, 0.15) is 33.6 Å². The van der Waals surface area contributed by atoms with Crippen LogP contribution < -0.4 is 10.2 Å². The summed E-state index contributed by atoms with van der Waals surface area (Å²) in [6.45, 7) is 8.83. The second-order valence-corrected chi connectivity index (χ2v) is 9.74. The summed E-state index contributed by atoms with van der Waals surface area (Å²) >= 11 is 0. The van der Waals surface area contributed by atoms with Gasteiger partial charge in [0.25, 0.3) is 5.69 Å². The molecule has 35 heavy (non-hydrogen) atoms. The van der Waals surface area contributed by atoms with Gasteiger partial charge in [-0.1, -0.05) is 0 Å². The van der Waals surface area contributed by atoms with Gasteiger partial charge >= 0.3 is 6.09 Å². The van der Waals surface area contributed by atoms with Crippen LogP contribution in [0.3, 0.4) is 0 Å². The summed E-state index contributed by atoms with van der Waals surface area (Å²) in [5.41, 5.74) is 0.650. The second kappa shape index (κ2) is 10.4. The molecule has 2 aliphatic rings. The van der Waals surface area contributed by atoms with Crippen LogP contribution in [0, 0.1) is 10.1 Å². The topological polar surface area (TPSA) is 123 Å². The minimum atomic E-state index is -0.562. The first kappa shape index (κ1) is 24.6. The van der Waals surface area contributed by atoms with Crippen molar-refractivity contribution in [2.24, 2.45) is 0 Å². The lowest BCUT2D eigenvalue weighted by Gasteiger charge is -2.36. The lowest BCUT2D eigenvalue weighted by atomic mass is 10.1. The number of hydrogen-bond donors (Lipinski definition) is 1. The number of piperazine rings is 1. The highest BCUT2D eigenvalue weighted by Crippen LogP contribution is 2.29. The number of aromatic nitrogens is 2. The lowest BCUT2D eigenvalue weighted by Crippen LogP contribution is -2.50. The highest BCUT2D eigenvalue weighted by molar-refractivity contribution is 5.70. The summed E-state index contributed by atoms with van der Waals surface area (Å²) in [6, 6.07) is 6.90. The van der Waals surface area contributed by atoms with E-state index in [0.717, 1.165) is 18.4 Å². The predicted molar refractivity (Wildman–Crippen MR) is 132 cm³/mol. The van der Waals surface area contributed by atoms with Crippen molar-refractivity contribution in [3.8, 4) is 11.3 Å². The molecule has 2 aromatic heterocycles. The predicted octanol–water partition coefficient (Wildman–Crippen LogP) is 3.70. The van der Waals surface area contributed by atoms with Crippen LogP contribution >= 0.6 is 0 Å². The number of anilines is 2. The monoisotopic (exact) mass is 484 g/mol. The molecule has 11 heteroatoms. The summed E-state index contributed by atoms with van der Waals surface area (Å²) in [5, 5.41) is 15.1. The number of rotatable bonds is 5. The first-order chi connectivity index (χ1) is 16.7. The summed E-state index contributed by atoms with van der Waals surface area (Å²) in [7, 11) is 0. The van der Waals surface area contributed by atoms with Gasteiger partial charge in [-0.3, -0.25) is 10.1 Å². The molecule has 1 N–H and O–H groups in total. The number of amides is 1. The quantitative estimate of drug-likeness (QED) is 0.500. The molecule has 0 bridgehead atoms. The maximum absolute atomic E-state index is 12.4. The molecule has 4 rings (SSSR count). The first-order valence-electron chi connectivity index (χ1n) is 11.9. The number of pyridine rings is 2. The molecule has 0 atom stereocenters. The maximum Gasteiger partial charge on any atom is 0.410 e. The van der Waals surface area contributed by atoms with E-state index in [4.69, 9.17) is 14.5 Å². The van der Waals surface area contributed by atoms with Crippen molar-refractivity contribution in [2.75, 3.05) is 49.6 Å². The largest absolute Gasteiger partial charge is 0.444 e. The van der Waals surface area contributed by atoms with E-state index >= 15 is 0 Å². The number of ether oxygens (including phenoxy) is 2. The highest BCUT2D eigenvalue weighted by Gasteiger charge is 2.27. The second-order valence-electron chi connectivity index (χ2n) is 9.74. The molecule has 2 saturated heterocycles. The van der Waals surface area contributed by atoms with Crippen molar-refractivity contribution in [1.82, 2.24) is 14.9 Å². The van der Waals surface area contributed by atoms with Crippen LogP contribution in [0.2, 0.25) is 0 Å². The zero-order valence-corrected chi connectivity index (χ0v) is 20.4. The van der Waals surface area contributed by atoms with Gasteiger partial charge in [-0.05, 0) is 45.7 Å². The van der Waals surface area contributed by atoms with Gasteiger partial charge in [0.15, 0.2) is 0 Å². The van der Waals surface area contributed by atoms with Crippen molar-refractivity contribution in [3.63, 3.8) is 0 Å². The van der Waals surface area contributed by atoms with Crippen molar-refractivity contribution in [1.29, 1.82) is 0 Å². The molecular weight excluding hydrogens is 452 g/mol. The molecule has 0 aliphatic carbocycles. The molecule has 0 aromatic carbocycles. The fourth-order valence-electron chi connectivity index (χ4n) is 4.08. The van der Waals surface area contributed by atoms with Gasteiger partial charge in [-0.15, -0.1) is 0 Å². The van der Waals surface area contributed by atoms with Gasteiger partial charge in [-0.2, -0.15) is 0 Å². The lowest BCUT2D eigenvalue weighted by molar-refractivity contribution is -0.384. The summed E-state index contributed by atoms with van der Waals surface area (Å²) in [4.78, 5) is 36.4. The molecule has 0 spiro atoms. The average Bonchev–Trinajstić information content (AvgIpc) is 2.83. The van der Waals surface area contributed by atoms with Crippen LogP contribution in [-0.4, -0.2) is 76.9 Å². The number of nitrogens with zero attached hydrogens (tertiary/aromatic N) is 5. The third-order valence-electron chi connectivity index (χ3n) is 5.89. The molecule has 0 radical (unpaired) electrons. The van der Waals surface area contributed by atoms with Gasteiger partial charge in [0.1, 0.15) is 17.2 Å². The summed E-state index contributed by atoms with van der Waals surface area (Å²) in [6.07, 6.45) is 3.13. The maximum atomic E-state index is 12.4.